The van der Waals surface area contributed by atoms with E-state index in [9.17, 15) is 28.8 Å². The molecule has 13 nitrogen and oxygen atoms in total. The molecule has 0 aromatic carbocycles. The number of esters is 1. The second-order valence-electron chi connectivity index (χ2n) is 10.7. The van der Waals surface area contributed by atoms with Gasteiger partial charge in [0.15, 0.2) is 0 Å². The number of fused-ring (bicyclic) bond motifs is 1. The summed E-state index contributed by atoms with van der Waals surface area (Å²) in [6.07, 6.45) is 3.56. The van der Waals surface area contributed by atoms with Gasteiger partial charge in [0.2, 0.25) is 5.91 Å². The molecule has 0 spiro atoms. The van der Waals surface area contributed by atoms with Crippen molar-refractivity contribution < 1.29 is 43.1 Å². The maximum Gasteiger partial charge on any atom is 0.407 e. The van der Waals surface area contributed by atoms with Gasteiger partial charge < -0.3 is 24.5 Å². The Morgan fingerprint density at radius 3 is 2.27 bits per heavy atom. The number of hydrogen-bond acceptors (Lipinski definition) is 10. The van der Waals surface area contributed by atoms with E-state index >= 15 is 0 Å². The summed E-state index contributed by atoms with van der Waals surface area (Å²) >= 11 is 0. The van der Waals surface area contributed by atoms with Gasteiger partial charge in [-0.05, 0) is 30.6 Å². The number of ether oxygens (including phenoxy) is 2. The number of carbonyl (C=O) groups is 6. The average Bonchev–Trinajstić information content (AvgIpc) is 3.49. The molecule has 1 unspecified atom stereocenters. The zero-order chi connectivity index (χ0) is 29.4. The fourth-order valence-electron chi connectivity index (χ4n) is 5.67. The van der Waals surface area contributed by atoms with E-state index in [1.165, 1.54) is 0 Å². The van der Waals surface area contributed by atoms with E-state index in [2.05, 4.69) is 17.2 Å². The van der Waals surface area contributed by atoms with E-state index in [1.54, 1.807) is 16.7 Å². The van der Waals surface area contributed by atoms with Crippen molar-refractivity contribution in [3.63, 3.8) is 0 Å². The summed E-state index contributed by atoms with van der Waals surface area (Å²) in [6.45, 7) is 2.60. The molecular weight excluding hydrogens is 536 g/mol. The van der Waals surface area contributed by atoms with E-state index < -0.39 is 35.9 Å². The molecule has 224 valence electrons. The van der Waals surface area contributed by atoms with Crippen LogP contribution in [0.25, 0.3) is 0 Å². The molecule has 4 aliphatic rings. The van der Waals surface area contributed by atoms with Gasteiger partial charge in [-0.3, -0.25) is 24.1 Å². The minimum atomic E-state index is -0.798. The van der Waals surface area contributed by atoms with E-state index in [1.807, 2.05) is 0 Å². The first-order valence-corrected chi connectivity index (χ1v) is 14.4. The largest absolute Gasteiger partial charge is 0.464 e. The van der Waals surface area contributed by atoms with Gasteiger partial charge in [-0.2, -0.15) is 0 Å². The summed E-state index contributed by atoms with van der Waals surface area (Å²) in [5, 5.41) is 3.13. The number of amides is 4. The van der Waals surface area contributed by atoms with Crippen LogP contribution in [0.1, 0.15) is 58.3 Å². The summed E-state index contributed by atoms with van der Waals surface area (Å²) in [5.74, 6) is 5.30. The zero-order valence-corrected chi connectivity index (χ0v) is 23.4. The third kappa shape index (κ3) is 8.42. The highest BCUT2D eigenvalue weighted by atomic mass is 16.7. The van der Waals surface area contributed by atoms with Crippen molar-refractivity contribution in [1.82, 2.24) is 20.2 Å². The lowest BCUT2D eigenvalue weighted by atomic mass is 10.1. The number of nitrogens with one attached hydrogen (secondary N) is 1. The van der Waals surface area contributed by atoms with Crippen LogP contribution in [0.3, 0.4) is 0 Å². The highest BCUT2D eigenvalue weighted by molar-refractivity contribution is 6.01. The molecule has 2 aliphatic heterocycles. The van der Waals surface area contributed by atoms with E-state index in [4.69, 9.17) is 14.3 Å². The molecule has 2 saturated heterocycles. The predicted molar refractivity (Wildman–Crippen MR) is 141 cm³/mol. The van der Waals surface area contributed by atoms with Crippen LogP contribution in [-0.4, -0.2) is 103 Å². The number of rotatable bonds is 11. The molecule has 4 rings (SSSR count). The number of hydrogen-bond donors (Lipinski definition) is 1. The van der Waals surface area contributed by atoms with Gasteiger partial charge in [0.1, 0.15) is 6.61 Å². The predicted octanol–water partition coefficient (Wildman–Crippen LogP) is 0.616. The molecule has 0 aromatic heterocycles. The van der Waals surface area contributed by atoms with Gasteiger partial charge in [0, 0.05) is 64.7 Å². The monoisotopic (exact) mass is 574 g/mol. The van der Waals surface area contributed by atoms with Crippen molar-refractivity contribution in [2.24, 2.45) is 17.8 Å². The van der Waals surface area contributed by atoms with Gasteiger partial charge >= 0.3 is 18.0 Å². The molecule has 41 heavy (non-hydrogen) atoms. The average molecular weight is 575 g/mol. The molecule has 0 aromatic rings. The Morgan fingerprint density at radius 1 is 0.927 bits per heavy atom. The van der Waals surface area contributed by atoms with Crippen molar-refractivity contribution >= 4 is 35.8 Å². The number of imide groups is 1. The van der Waals surface area contributed by atoms with Gasteiger partial charge in [0.25, 0.3) is 11.8 Å². The SMILES string of the molecule is CCC(=O)OCC1CN(C(=O)CCNC(=O)OC[C@@H]2[C@@H]3CCC#CCC[C@@H]32)CCN1CC(=O)ON1C(=O)CCC1=O. The number of nitrogens with zero attached hydrogens (tertiary/aromatic N) is 3. The standard InChI is InChI=1S/C28H38N4O9/c1-2-26(36)39-17-19-15-31(14-13-30(19)16-27(37)41-32-24(34)9-10-25(32)35)23(33)11-12-29-28(38)40-18-22-20-7-5-3-4-6-8-21(20)22/h19-22H,2,5-18H2,1H3,(H,29,38)/t19?,20-,21+,22-. The normalized spacial score (nSPS) is 25.7. The zero-order valence-electron chi connectivity index (χ0n) is 23.4. The Kier molecular flexibility index (Phi) is 10.6. The molecule has 13 heteroatoms. The first-order valence-electron chi connectivity index (χ1n) is 14.4. The molecule has 1 saturated carbocycles. The molecule has 4 atom stereocenters. The first-order chi connectivity index (χ1) is 19.8. The molecular formula is C28H38N4O9. The Hall–Kier alpha value is -3.66. The summed E-state index contributed by atoms with van der Waals surface area (Å²) < 4.78 is 10.7. The van der Waals surface area contributed by atoms with Crippen LogP contribution in [0.15, 0.2) is 0 Å². The molecule has 3 fully saturated rings. The second kappa shape index (κ2) is 14.3. The quantitative estimate of drug-likeness (QED) is 0.211. The summed E-state index contributed by atoms with van der Waals surface area (Å²) in [6, 6.07) is -0.500. The molecule has 1 N–H and O–H groups in total. The molecule has 2 aliphatic carbocycles. The fraction of sp³-hybridized carbons (Fsp3) is 0.714. The summed E-state index contributed by atoms with van der Waals surface area (Å²) in [7, 11) is 0. The number of alkyl carbamates (subject to hydrolysis) is 1. The maximum atomic E-state index is 12.9. The van der Waals surface area contributed by atoms with Crippen LogP contribution in [0.4, 0.5) is 4.79 Å². The van der Waals surface area contributed by atoms with Gasteiger partial charge in [0.05, 0.1) is 19.2 Å². The van der Waals surface area contributed by atoms with Crippen molar-refractivity contribution in [2.45, 2.75) is 64.3 Å². The highest BCUT2D eigenvalue weighted by Gasteiger charge is 2.49. The summed E-state index contributed by atoms with van der Waals surface area (Å²) in [4.78, 5) is 81.1. The molecule has 0 radical (unpaired) electrons. The van der Waals surface area contributed by atoms with Crippen molar-refractivity contribution in [3.8, 4) is 11.8 Å². The lowest BCUT2D eigenvalue weighted by molar-refractivity contribution is -0.199. The third-order valence-corrected chi connectivity index (χ3v) is 8.07. The van der Waals surface area contributed by atoms with Crippen LogP contribution in [0.2, 0.25) is 0 Å². The molecule has 2 heterocycles. The number of piperazine rings is 1. The Balaban J connectivity index is 1.19. The molecule has 4 amide bonds. The van der Waals surface area contributed by atoms with Gasteiger partial charge in [-0.1, -0.05) is 6.92 Å². The number of carbonyl (C=O) groups excluding carboxylic acids is 6. The second-order valence-corrected chi connectivity index (χ2v) is 10.7. The van der Waals surface area contributed by atoms with Crippen LogP contribution < -0.4 is 5.32 Å². The minimum absolute atomic E-state index is 0.00758. The third-order valence-electron chi connectivity index (χ3n) is 8.07. The van der Waals surface area contributed by atoms with E-state index in [-0.39, 0.29) is 64.4 Å². The fourth-order valence-corrected chi connectivity index (χ4v) is 5.67. The number of hydroxylamine groups is 2. The Bertz CT molecular complexity index is 1070. The van der Waals surface area contributed by atoms with Crippen LogP contribution in [0, 0.1) is 29.6 Å². The van der Waals surface area contributed by atoms with Crippen LogP contribution in [-0.2, 0) is 38.3 Å². The van der Waals surface area contributed by atoms with Crippen molar-refractivity contribution in [2.75, 3.05) is 45.9 Å². The highest BCUT2D eigenvalue weighted by Crippen LogP contribution is 2.52. The minimum Gasteiger partial charge on any atom is -0.464 e. The van der Waals surface area contributed by atoms with Gasteiger partial charge in [-0.25, -0.2) is 9.59 Å². The Morgan fingerprint density at radius 2 is 1.61 bits per heavy atom. The van der Waals surface area contributed by atoms with E-state index in [0.717, 1.165) is 25.7 Å². The van der Waals surface area contributed by atoms with Crippen LogP contribution in [0.5, 0.6) is 0 Å². The lowest BCUT2D eigenvalue weighted by Crippen LogP contribution is -2.58. The maximum absolute atomic E-state index is 12.9. The topological polar surface area (TPSA) is 152 Å². The smallest absolute Gasteiger partial charge is 0.407 e. The first kappa shape index (κ1) is 30.3. The lowest BCUT2D eigenvalue weighted by Gasteiger charge is -2.40. The van der Waals surface area contributed by atoms with Gasteiger partial charge in [-0.15, -0.1) is 16.9 Å². The van der Waals surface area contributed by atoms with Crippen LogP contribution >= 0.6 is 0 Å². The Labute approximate surface area is 239 Å². The van der Waals surface area contributed by atoms with Crippen molar-refractivity contribution in [1.29, 1.82) is 0 Å². The van der Waals surface area contributed by atoms with E-state index in [0.29, 0.717) is 36.0 Å². The molecule has 0 bridgehead atoms. The van der Waals surface area contributed by atoms with Crippen molar-refractivity contribution in [3.05, 3.63) is 0 Å². The summed E-state index contributed by atoms with van der Waals surface area (Å²) in [5.41, 5.74) is 0.